The standard InChI is InChI=1S/C26H32N4O2S/c1-6-15-30-25(19(5)32-22-14-9-11-18(4)16-22)28-29-26(30)33-17-23(31)27-24-20(7-2)12-10-13-21(24)8-3/h6,9-14,16,19H,1,7-8,15,17H2,2-5H3,(H,27,31). The summed E-state index contributed by atoms with van der Waals surface area (Å²) in [5, 5.41) is 12.5. The van der Waals surface area contributed by atoms with Crippen molar-refractivity contribution in [2.45, 2.75) is 58.3 Å². The summed E-state index contributed by atoms with van der Waals surface area (Å²) >= 11 is 1.36. The van der Waals surface area contributed by atoms with Crippen molar-refractivity contribution in [2.24, 2.45) is 0 Å². The maximum Gasteiger partial charge on any atom is 0.234 e. The van der Waals surface area contributed by atoms with Crippen molar-refractivity contribution in [3.05, 3.63) is 77.6 Å². The Hall–Kier alpha value is -3.06. The maximum absolute atomic E-state index is 12.8. The molecule has 33 heavy (non-hydrogen) atoms. The molecule has 3 aromatic rings. The number of aromatic nitrogens is 3. The molecule has 1 atom stereocenters. The van der Waals surface area contributed by atoms with Crippen LogP contribution in [0.2, 0.25) is 0 Å². The van der Waals surface area contributed by atoms with Crippen molar-refractivity contribution in [3.63, 3.8) is 0 Å². The van der Waals surface area contributed by atoms with Gasteiger partial charge in [0.25, 0.3) is 0 Å². The quantitative estimate of drug-likeness (QED) is 0.288. The van der Waals surface area contributed by atoms with Gasteiger partial charge in [-0.15, -0.1) is 16.8 Å². The summed E-state index contributed by atoms with van der Waals surface area (Å²) in [6.45, 7) is 12.6. The number of carbonyl (C=O) groups is 1. The fourth-order valence-electron chi connectivity index (χ4n) is 3.66. The lowest BCUT2D eigenvalue weighted by atomic mass is 10.0. The highest BCUT2D eigenvalue weighted by molar-refractivity contribution is 7.99. The topological polar surface area (TPSA) is 69.0 Å². The van der Waals surface area contributed by atoms with Gasteiger partial charge >= 0.3 is 0 Å². The van der Waals surface area contributed by atoms with Gasteiger partial charge in [0.05, 0.1) is 5.75 Å². The van der Waals surface area contributed by atoms with E-state index in [1.165, 1.54) is 11.8 Å². The number of anilines is 1. The molecule has 0 aliphatic rings. The summed E-state index contributed by atoms with van der Waals surface area (Å²) in [5.41, 5.74) is 4.35. The predicted octanol–water partition coefficient (Wildman–Crippen LogP) is 5.77. The number of hydrogen-bond acceptors (Lipinski definition) is 5. The van der Waals surface area contributed by atoms with Crippen LogP contribution in [-0.2, 0) is 24.2 Å². The molecule has 0 aliphatic heterocycles. The zero-order chi connectivity index (χ0) is 23.8. The van der Waals surface area contributed by atoms with Gasteiger partial charge in [-0.1, -0.05) is 62.0 Å². The molecule has 1 amide bonds. The summed E-state index contributed by atoms with van der Waals surface area (Å²) in [6.07, 6.45) is 3.23. The normalized spacial score (nSPS) is 11.8. The molecular weight excluding hydrogens is 432 g/mol. The molecule has 0 saturated heterocycles. The third-order valence-corrected chi connectivity index (χ3v) is 6.29. The molecule has 1 heterocycles. The summed E-state index contributed by atoms with van der Waals surface area (Å²) in [7, 11) is 0. The van der Waals surface area contributed by atoms with Crippen LogP contribution in [-0.4, -0.2) is 26.4 Å². The van der Waals surface area contributed by atoms with Crippen LogP contribution in [0.3, 0.4) is 0 Å². The minimum Gasteiger partial charge on any atom is -0.483 e. The second kappa shape index (κ2) is 11.7. The summed E-state index contributed by atoms with van der Waals surface area (Å²) < 4.78 is 8.04. The van der Waals surface area contributed by atoms with Gasteiger partial charge in [0.1, 0.15) is 5.75 Å². The van der Waals surface area contributed by atoms with Crippen LogP contribution in [0.15, 0.2) is 60.3 Å². The van der Waals surface area contributed by atoms with Crippen molar-refractivity contribution in [3.8, 4) is 5.75 Å². The van der Waals surface area contributed by atoms with Gasteiger partial charge in [0.2, 0.25) is 5.91 Å². The van der Waals surface area contributed by atoms with Gasteiger partial charge in [0.15, 0.2) is 17.1 Å². The molecule has 174 valence electrons. The average molecular weight is 465 g/mol. The lowest BCUT2D eigenvalue weighted by Gasteiger charge is -2.16. The number of thioether (sulfide) groups is 1. The number of para-hydroxylation sites is 1. The van der Waals surface area contributed by atoms with Crippen molar-refractivity contribution in [1.29, 1.82) is 0 Å². The molecule has 1 aromatic heterocycles. The fourth-order valence-corrected chi connectivity index (χ4v) is 4.42. The molecule has 0 spiro atoms. The highest BCUT2D eigenvalue weighted by Crippen LogP contribution is 2.26. The number of carbonyl (C=O) groups excluding carboxylic acids is 1. The number of nitrogens with zero attached hydrogens (tertiary/aromatic N) is 3. The fraction of sp³-hybridized carbons (Fsp3) is 0.346. The Balaban J connectivity index is 1.71. The van der Waals surface area contributed by atoms with Crippen LogP contribution in [0.4, 0.5) is 5.69 Å². The highest BCUT2D eigenvalue weighted by Gasteiger charge is 2.20. The first-order valence-electron chi connectivity index (χ1n) is 11.3. The average Bonchev–Trinajstić information content (AvgIpc) is 3.20. The summed E-state index contributed by atoms with van der Waals surface area (Å²) in [5.74, 6) is 1.66. The summed E-state index contributed by atoms with van der Waals surface area (Å²) in [4.78, 5) is 12.8. The predicted molar refractivity (Wildman–Crippen MR) is 135 cm³/mol. The maximum atomic E-state index is 12.8. The van der Waals surface area contributed by atoms with Crippen LogP contribution in [0.25, 0.3) is 0 Å². The van der Waals surface area contributed by atoms with Crippen LogP contribution in [0, 0.1) is 6.92 Å². The molecule has 0 fully saturated rings. The Bertz CT molecular complexity index is 1090. The Morgan fingerprint density at radius 3 is 2.52 bits per heavy atom. The molecule has 2 aromatic carbocycles. The molecule has 1 N–H and O–H groups in total. The van der Waals surface area contributed by atoms with Gasteiger partial charge < -0.3 is 10.1 Å². The van der Waals surface area contributed by atoms with Crippen molar-refractivity contribution in [1.82, 2.24) is 14.8 Å². The molecule has 0 saturated carbocycles. The van der Waals surface area contributed by atoms with Crippen molar-refractivity contribution < 1.29 is 9.53 Å². The number of hydrogen-bond donors (Lipinski definition) is 1. The monoisotopic (exact) mass is 464 g/mol. The first-order valence-corrected chi connectivity index (χ1v) is 12.3. The summed E-state index contributed by atoms with van der Waals surface area (Å²) in [6, 6.07) is 14.1. The number of allylic oxidation sites excluding steroid dienone is 1. The zero-order valence-corrected chi connectivity index (χ0v) is 20.6. The Kier molecular flexibility index (Phi) is 8.72. The molecule has 6 nitrogen and oxygen atoms in total. The molecule has 1 unspecified atom stereocenters. The highest BCUT2D eigenvalue weighted by atomic mass is 32.2. The minimum absolute atomic E-state index is 0.0608. The van der Waals surface area contributed by atoms with Gasteiger partial charge in [-0.05, 0) is 55.5 Å². The molecule has 0 aliphatic carbocycles. The van der Waals surface area contributed by atoms with E-state index in [1.54, 1.807) is 6.08 Å². The van der Waals surface area contributed by atoms with E-state index < -0.39 is 0 Å². The number of ether oxygens (including phenoxy) is 1. The molecule has 0 bridgehead atoms. The Morgan fingerprint density at radius 2 is 1.88 bits per heavy atom. The second-order valence-electron chi connectivity index (χ2n) is 7.81. The van der Waals surface area contributed by atoms with Gasteiger partial charge in [-0.25, -0.2) is 0 Å². The SMILES string of the molecule is C=CCn1c(SCC(=O)Nc2c(CC)cccc2CC)nnc1C(C)Oc1cccc(C)c1. The Morgan fingerprint density at radius 1 is 1.18 bits per heavy atom. The van der Waals surface area contributed by atoms with Crippen molar-refractivity contribution >= 4 is 23.4 Å². The number of benzene rings is 2. The zero-order valence-electron chi connectivity index (χ0n) is 19.8. The number of rotatable bonds is 11. The minimum atomic E-state index is -0.300. The van der Waals surface area contributed by atoms with Gasteiger partial charge in [-0.2, -0.15) is 0 Å². The van der Waals surface area contributed by atoms with E-state index in [4.69, 9.17) is 4.74 Å². The Labute approximate surface area is 200 Å². The van der Waals surface area contributed by atoms with E-state index >= 15 is 0 Å². The third kappa shape index (κ3) is 6.26. The number of aryl methyl sites for hydroxylation is 3. The molecule has 7 heteroatoms. The van der Waals surface area contributed by atoms with Crippen LogP contribution in [0.1, 0.15) is 49.4 Å². The second-order valence-corrected chi connectivity index (χ2v) is 8.75. The van der Waals surface area contributed by atoms with Crippen LogP contribution >= 0.6 is 11.8 Å². The number of nitrogens with one attached hydrogen (secondary N) is 1. The van der Waals surface area contributed by atoms with E-state index in [1.807, 2.05) is 48.7 Å². The number of amides is 1. The van der Waals surface area contributed by atoms with E-state index in [9.17, 15) is 4.79 Å². The van der Waals surface area contributed by atoms with Gasteiger partial charge in [0, 0.05) is 12.2 Å². The molecule has 0 radical (unpaired) electrons. The van der Waals surface area contributed by atoms with E-state index in [-0.39, 0.29) is 17.8 Å². The van der Waals surface area contributed by atoms with E-state index in [2.05, 4.69) is 48.1 Å². The van der Waals surface area contributed by atoms with Crippen molar-refractivity contribution in [2.75, 3.05) is 11.1 Å². The van der Waals surface area contributed by atoms with Crippen LogP contribution < -0.4 is 10.1 Å². The third-order valence-electron chi connectivity index (χ3n) is 5.32. The molecular formula is C26H32N4O2S. The first-order chi connectivity index (χ1) is 16.0. The lowest BCUT2D eigenvalue weighted by molar-refractivity contribution is -0.113. The van der Waals surface area contributed by atoms with Crippen LogP contribution in [0.5, 0.6) is 5.75 Å². The van der Waals surface area contributed by atoms with E-state index in [0.29, 0.717) is 17.5 Å². The van der Waals surface area contributed by atoms with E-state index in [0.717, 1.165) is 41.0 Å². The largest absolute Gasteiger partial charge is 0.483 e. The molecule has 3 rings (SSSR count). The smallest absolute Gasteiger partial charge is 0.234 e. The first kappa shape index (κ1) is 24.6. The van der Waals surface area contributed by atoms with Gasteiger partial charge in [-0.3, -0.25) is 9.36 Å². The lowest BCUT2D eigenvalue weighted by Crippen LogP contribution is -2.17.